The van der Waals surface area contributed by atoms with E-state index in [1.165, 1.54) is 11.6 Å². The molecular weight excluding hydrogens is 244 g/mol. The summed E-state index contributed by atoms with van der Waals surface area (Å²) in [5, 5.41) is 3.05. The number of H-pyrrole nitrogens is 1. The summed E-state index contributed by atoms with van der Waals surface area (Å²) in [6.45, 7) is 1.98. The smallest absolute Gasteiger partial charge is 0.270 e. The maximum Gasteiger partial charge on any atom is 0.270 e. The number of pyridine rings is 1. The summed E-state index contributed by atoms with van der Waals surface area (Å²) in [7, 11) is 1.69. The molecule has 1 amide bonds. The maximum absolute atomic E-state index is 12.1. The molecule has 1 N–H and O–H groups in total. The van der Waals surface area contributed by atoms with Crippen molar-refractivity contribution in [2.24, 2.45) is 7.05 Å². The molecule has 0 radical (unpaired) electrons. The molecule has 1 aliphatic heterocycles. The van der Waals surface area contributed by atoms with Gasteiger partial charge in [-0.2, -0.15) is 0 Å². The molecule has 0 aliphatic carbocycles. The predicted octanol–water partition coefficient (Wildman–Crippen LogP) is 0.684. The summed E-state index contributed by atoms with van der Waals surface area (Å²) in [6.07, 6.45) is 2.18. The molecule has 2 aromatic rings. The van der Waals surface area contributed by atoms with E-state index in [0.717, 1.165) is 11.3 Å². The first-order chi connectivity index (χ1) is 9.09. The fourth-order valence-corrected chi connectivity index (χ4v) is 2.49. The topological polar surface area (TPSA) is 71.0 Å². The van der Waals surface area contributed by atoms with Crippen LogP contribution in [0.2, 0.25) is 0 Å². The number of carbonyl (C=O) groups is 1. The zero-order valence-electron chi connectivity index (χ0n) is 10.8. The standard InChI is InChI=1S/C13H14N4O2/c1-8(18)17-7-5-10-11(15-16(2)13(10)19)9-4-3-6-14-12(9)17/h3-4,6,15H,5,7H2,1-2H3. The largest absolute Gasteiger partial charge is 0.296 e. The third kappa shape index (κ3) is 1.68. The Bertz CT molecular complexity index is 714. The zero-order chi connectivity index (χ0) is 13.6. The highest BCUT2D eigenvalue weighted by atomic mass is 16.2. The number of anilines is 1. The summed E-state index contributed by atoms with van der Waals surface area (Å²) < 4.78 is 1.46. The molecule has 0 fully saturated rings. The van der Waals surface area contributed by atoms with Gasteiger partial charge in [0.1, 0.15) is 5.82 Å². The van der Waals surface area contributed by atoms with Crippen LogP contribution in [0.15, 0.2) is 23.1 Å². The quantitative estimate of drug-likeness (QED) is 0.755. The number of carbonyl (C=O) groups excluding carboxylic acids is 1. The van der Waals surface area contributed by atoms with Crippen LogP contribution in [0.4, 0.5) is 5.82 Å². The number of rotatable bonds is 0. The van der Waals surface area contributed by atoms with Crippen molar-refractivity contribution in [1.29, 1.82) is 0 Å². The van der Waals surface area contributed by atoms with E-state index in [9.17, 15) is 9.59 Å². The van der Waals surface area contributed by atoms with Crippen LogP contribution < -0.4 is 10.5 Å². The second kappa shape index (κ2) is 4.08. The van der Waals surface area contributed by atoms with Crippen molar-refractivity contribution in [3.63, 3.8) is 0 Å². The van der Waals surface area contributed by atoms with Crippen LogP contribution in [0, 0.1) is 0 Å². The monoisotopic (exact) mass is 258 g/mol. The molecule has 3 heterocycles. The molecule has 6 nitrogen and oxygen atoms in total. The highest BCUT2D eigenvalue weighted by Crippen LogP contribution is 2.32. The Hall–Kier alpha value is -2.37. The van der Waals surface area contributed by atoms with Gasteiger partial charge in [0.05, 0.1) is 5.69 Å². The third-order valence-corrected chi connectivity index (χ3v) is 3.42. The lowest BCUT2D eigenvalue weighted by Gasteiger charge is -2.19. The number of aromatic amines is 1. The highest BCUT2D eigenvalue weighted by Gasteiger charge is 2.26. The van der Waals surface area contributed by atoms with E-state index in [-0.39, 0.29) is 11.5 Å². The van der Waals surface area contributed by atoms with Gasteiger partial charge in [0.2, 0.25) is 5.91 Å². The average Bonchev–Trinajstić information content (AvgIpc) is 2.59. The van der Waals surface area contributed by atoms with Crippen LogP contribution >= 0.6 is 0 Å². The first-order valence-electron chi connectivity index (χ1n) is 6.11. The van der Waals surface area contributed by atoms with Crippen LogP contribution in [0.5, 0.6) is 0 Å². The lowest BCUT2D eigenvalue weighted by Crippen LogP contribution is -2.31. The van der Waals surface area contributed by atoms with Gasteiger partial charge in [0, 0.05) is 37.8 Å². The van der Waals surface area contributed by atoms with Crippen molar-refractivity contribution >= 4 is 11.7 Å². The normalized spacial score (nSPS) is 13.7. The number of amides is 1. The van der Waals surface area contributed by atoms with E-state index in [2.05, 4.69) is 10.1 Å². The van der Waals surface area contributed by atoms with Gasteiger partial charge in [-0.05, 0) is 18.6 Å². The highest BCUT2D eigenvalue weighted by molar-refractivity contribution is 5.95. The number of nitrogens with zero attached hydrogens (tertiary/aromatic N) is 3. The molecule has 98 valence electrons. The van der Waals surface area contributed by atoms with Crippen molar-refractivity contribution in [1.82, 2.24) is 14.8 Å². The molecule has 19 heavy (non-hydrogen) atoms. The molecule has 0 saturated heterocycles. The minimum atomic E-state index is -0.0677. The van der Waals surface area contributed by atoms with Gasteiger partial charge >= 0.3 is 0 Å². The van der Waals surface area contributed by atoms with Gasteiger partial charge in [-0.1, -0.05) is 0 Å². The van der Waals surface area contributed by atoms with E-state index >= 15 is 0 Å². The summed E-state index contributed by atoms with van der Waals surface area (Å²) in [5.41, 5.74) is 2.22. The Morgan fingerprint density at radius 3 is 3.00 bits per heavy atom. The third-order valence-electron chi connectivity index (χ3n) is 3.42. The fraction of sp³-hybridized carbons (Fsp3) is 0.308. The fourth-order valence-electron chi connectivity index (χ4n) is 2.49. The van der Waals surface area contributed by atoms with E-state index in [1.54, 1.807) is 24.2 Å². The van der Waals surface area contributed by atoms with Gasteiger partial charge < -0.3 is 0 Å². The molecule has 6 heteroatoms. The minimum Gasteiger partial charge on any atom is -0.296 e. The Morgan fingerprint density at radius 2 is 2.26 bits per heavy atom. The van der Waals surface area contributed by atoms with Crippen LogP contribution in [0.3, 0.4) is 0 Å². The number of hydrogen-bond acceptors (Lipinski definition) is 3. The molecule has 0 atom stereocenters. The van der Waals surface area contributed by atoms with Crippen molar-refractivity contribution in [3.05, 3.63) is 34.2 Å². The second-order valence-electron chi connectivity index (χ2n) is 4.62. The van der Waals surface area contributed by atoms with Crippen molar-refractivity contribution in [2.75, 3.05) is 11.4 Å². The second-order valence-corrected chi connectivity index (χ2v) is 4.62. The molecule has 0 unspecified atom stereocenters. The number of nitrogens with one attached hydrogen (secondary N) is 1. The first-order valence-corrected chi connectivity index (χ1v) is 6.11. The van der Waals surface area contributed by atoms with E-state index in [4.69, 9.17) is 0 Å². The van der Waals surface area contributed by atoms with Crippen molar-refractivity contribution in [3.8, 4) is 11.3 Å². The summed E-state index contributed by atoms with van der Waals surface area (Å²) in [5.74, 6) is 0.539. The van der Waals surface area contributed by atoms with Crippen molar-refractivity contribution in [2.45, 2.75) is 13.3 Å². The Morgan fingerprint density at radius 1 is 1.47 bits per heavy atom. The minimum absolute atomic E-state index is 0.0461. The van der Waals surface area contributed by atoms with Gasteiger partial charge in [-0.25, -0.2) is 4.98 Å². The van der Waals surface area contributed by atoms with E-state index in [1.807, 2.05) is 6.07 Å². The number of aryl methyl sites for hydroxylation is 1. The first kappa shape index (κ1) is 11.7. The molecule has 0 spiro atoms. The molecule has 0 saturated carbocycles. The maximum atomic E-state index is 12.1. The van der Waals surface area contributed by atoms with E-state index in [0.29, 0.717) is 24.3 Å². The van der Waals surface area contributed by atoms with Crippen LogP contribution in [0.25, 0.3) is 11.3 Å². The van der Waals surface area contributed by atoms with Crippen LogP contribution in [0.1, 0.15) is 12.5 Å². The van der Waals surface area contributed by atoms with Gasteiger partial charge in [0.15, 0.2) is 0 Å². The Balaban J connectivity index is 2.30. The summed E-state index contributed by atoms with van der Waals surface area (Å²) >= 11 is 0. The lowest BCUT2D eigenvalue weighted by molar-refractivity contribution is -0.116. The number of aromatic nitrogens is 3. The van der Waals surface area contributed by atoms with Gasteiger partial charge in [-0.15, -0.1) is 0 Å². The van der Waals surface area contributed by atoms with Crippen LogP contribution in [-0.2, 0) is 18.3 Å². The predicted molar refractivity (Wildman–Crippen MR) is 71.0 cm³/mol. The number of hydrogen-bond donors (Lipinski definition) is 1. The molecule has 0 aromatic carbocycles. The Labute approximate surface area is 109 Å². The van der Waals surface area contributed by atoms with Gasteiger partial charge in [-0.3, -0.25) is 24.3 Å². The van der Waals surface area contributed by atoms with Crippen LogP contribution in [-0.4, -0.2) is 27.2 Å². The molecule has 0 bridgehead atoms. The number of fused-ring (bicyclic) bond motifs is 3. The molecule has 3 rings (SSSR count). The van der Waals surface area contributed by atoms with Crippen molar-refractivity contribution < 1.29 is 4.79 Å². The van der Waals surface area contributed by atoms with Gasteiger partial charge in [0.25, 0.3) is 5.56 Å². The molecule has 1 aliphatic rings. The summed E-state index contributed by atoms with van der Waals surface area (Å²) in [6, 6.07) is 3.68. The van der Waals surface area contributed by atoms with E-state index < -0.39 is 0 Å². The zero-order valence-corrected chi connectivity index (χ0v) is 10.8. The SMILES string of the molecule is CC(=O)N1CCc2c([nH]n(C)c2=O)-c2cccnc21. The molecule has 2 aromatic heterocycles. The molecular formula is C13H14N4O2. The Kier molecular flexibility index (Phi) is 2.51. The summed E-state index contributed by atoms with van der Waals surface area (Å²) in [4.78, 5) is 29.7. The lowest BCUT2D eigenvalue weighted by atomic mass is 10.1. The average molecular weight is 258 g/mol.